The van der Waals surface area contributed by atoms with Crippen LogP contribution in [-0.4, -0.2) is 20.5 Å². The first kappa shape index (κ1) is 14.4. The highest BCUT2D eigenvalue weighted by molar-refractivity contribution is 9.10. The van der Waals surface area contributed by atoms with Crippen LogP contribution in [0.1, 0.15) is 10.4 Å². The van der Waals surface area contributed by atoms with Crippen LogP contribution in [0.25, 0.3) is 16.9 Å². The molecule has 0 fully saturated rings. The summed E-state index contributed by atoms with van der Waals surface area (Å²) in [5, 5.41) is 10.00. The van der Waals surface area contributed by atoms with Gasteiger partial charge in [-0.2, -0.15) is 0 Å². The monoisotopic (exact) mass is 384 g/mol. The molecule has 0 bridgehead atoms. The maximum absolute atomic E-state index is 11.1. The topological polar surface area (TPSA) is 54.6 Å². The van der Waals surface area contributed by atoms with Gasteiger partial charge in [-0.15, -0.1) is 0 Å². The minimum absolute atomic E-state index is 0.0910. The molecule has 106 valence electrons. The molecule has 3 rings (SSSR count). The molecule has 2 aromatic heterocycles. The van der Waals surface area contributed by atoms with Gasteiger partial charge in [-0.1, -0.05) is 35.3 Å². The molecule has 1 N–H and O–H groups in total. The van der Waals surface area contributed by atoms with E-state index >= 15 is 0 Å². The van der Waals surface area contributed by atoms with E-state index in [2.05, 4.69) is 20.9 Å². The van der Waals surface area contributed by atoms with Crippen molar-refractivity contribution in [2.24, 2.45) is 0 Å². The van der Waals surface area contributed by atoms with Gasteiger partial charge in [0.15, 0.2) is 5.65 Å². The lowest BCUT2D eigenvalue weighted by Crippen LogP contribution is -1.99. The molecule has 0 saturated heterocycles. The standard InChI is InChI=1S/C14H7BrCl2N2O2/c15-12-11(7-1-3-9(16)4-2-7)18-13-10(17)5-8(14(20)21)6-19(12)13/h1-6H,(H,20,21). The molecule has 7 heteroatoms. The summed E-state index contributed by atoms with van der Waals surface area (Å²) in [6.45, 7) is 0. The average Bonchev–Trinajstić information content (AvgIpc) is 2.78. The molecule has 2 heterocycles. The summed E-state index contributed by atoms with van der Waals surface area (Å²) < 4.78 is 2.24. The van der Waals surface area contributed by atoms with Gasteiger partial charge >= 0.3 is 5.97 Å². The highest BCUT2D eigenvalue weighted by Gasteiger charge is 2.16. The number of pyridine rings is 1. The van der Waals surface area contributed by atoms with Crippen LogP contribution in [0.4, 0.5) is 0 Å². The summed E-state index contributed by atoms with van der Waals surface area (Å²) in [6.07, 6.45) is 1.47. The highest BCUT2D eigenvalue weighted by Crippen LogP contribution is 2.32. The maximum atomic E-state index is 11.1. The molecule has 0 aliphatic carbocycles. The molecule has 0 saturated carbocycles. The van der Waals surface area contributed by atoms with E-state index in [0.717, 1.165) is 5.56 Å². The average molecular weight is 386 g/mol. The van der Waals surface area contributed by atoms with Crippen molar-refractivity contribution in [2.75, 3.05) is 0 Å². The SMILES string of the molecule is O=C(O)c1cc(Cl)c2nc(-c3ccc(Cl)cc3)c(Br)n2c1. The Bertz CT molecular complexity index is 860. The Morgan fingerprint density at radius 2 is 1.90 bits per heavy atom. The van der Waals surface area contributed by atoms with E-state index in [4.69, 9.17) is 28.3 Å². The van der Waals surface area contributed by atoms with Crippen LogP contribution in [0.5, 0.6) is 0 Å². The molecular weight excluding hydrogens is 379 g/mol. The Labute approximate surface area is 138 Å². The Morgan fingerprint density at radius 1 is 1.24 bits per heavy atom. The predicted molar refractivity (Wildman–Crippen MR) is 85.3 cm³/mol. The molecule has 0 aliphatic heterocycles. The molecule has 21 heavy (non-hydrogen) atoms. The van der Waals surface area contributed by atoms with Gasteiger partial charge in [0.25, 0.3) is 0 Å². The minimum Gasteiger partial charge on any atom is -0.478 e. The third kappa shape index (κ3) is 2.52. The van der Waals surface area contributed by atoms with E-state index in [1.807, 2.05) is 12.1 Å². The number of hydrogen-bond acceptors (Lipinski definition) is 2. The van der Waals surface area contributed by atoms with Crippen molar-refractivity contribution in [3.05, 3.63) is 56.7 Å². The van der Waals surface area contributed by atoms with E-state index < -0.39 is 5.97 Å². The van der Waals surface area contributed by atoms with Gasteiger partial charge in [-0.3, -0.25) is 4.40 Å². The molecule has 0 amide bonds. The molecule has 0 aliphatic rings. The van der Waals surface area contributed by atoms with E-state index in [1.54, 1.807) is 16.5 Å². The van der Waals surface area contributed by atoms with Crippen molar-refractivity contribution in [2.45, 2.75) is 0 Å². The number of fused-ring (bicyclic) bond motifs is 1. The largest absolute Gasteiger partial charge is 0.478 e. The molecule has 0 atom stereocenters. The molecule has 1 aromatic carbocycles. The molecule has 0 radical (unpaired) electrons. The number of imidazole rings is 1. The minimum atomic E-state index is -1.05. The molecule has 4 nitrogen and oxygen atoms in total. The Hall–Kier alpha value is -1.56. The van der Waals surface area contributed by atoms with Crippen molar-refractivity contribution < 1.29 is 9.90 Å². The number of halogens is 3. The lowest BCUT2D eigenvalue weighted by molar-refractivity contribution is 0.0696. The number of carboxylic acids is 1. The number of aromatic carboxylic acids is 1. The fraction of sp³-hybridized carbons (Fsp3) is 0. The zero-order valence-corrected chi connectivity index (χ0v) is 13.4. The van der Waals surface area contributed by atoms with Gasteiger partial charge in [0.2, 0.25) is 0 Å². The Morgan fingerprint density at radius 3 is 2.52 bits per heavy atom. The quantitative estimate of drug-likeness (QED) is 0.691. The second kappa shape index (κ2) is 5.33. The van der Waals surface area contributed by atoms with Crippen LogP contribution >= 0.6 is 39.1 Å². The zero-order valence-electron chi connectivity index (χ0n) is 10.3. The summed E-state index contributed by atoms with van der Waals surface area (Å²) in [4.78, 5) is 15.6. The van der Waals surface area contributed by atoms with E-state index in [0.29, 0.717) is 21.0 Å². The second-order valence-corrected chi connectivity index (χ2v) is 5.93. The summed E-state index contributed by atoms with van der Waals surface area (Å²) in [6, 6.07) is 8.57. The number of carboxylic acid groups (broad SMARTS) is 1. The van der Waals surface area contributed by atoms with Crippen molar-refractivity contribution in [3.63, 3.8) is 0 Å². The van der Waals surface area contributed by atoms with Gasteiger partial charge in [-0.25, -0.2) is 9.78 Å². The summed E-state index contributed by atoms with van der Waals surface area (Å²) in [5.41, 5.74) is 2.09. The molecule has 0 unspecified atom stereocenters. The first-order valence-electron chi connectivity index (χ1n) is 5.83. The lowest BCUT2D eigenvalue weighted by Gasteiger charge is -2.01. The van der Waals surface area contributed by atoms with E-state index in [-0.39, 0.29) is 10.6 Å². The van der Waals surface area contributed by atoms with Crippen molar-refractivity contribution >= 4 is 50.7 Å². The van der Waals surface area contributed by atoms with Crippen LogP contribution in [0.3, 0.4) is 0 Å². The van der Waals surface area contributed by atoms with Crippen LogP contribution in [0, 0.1) is 0 Å². The zero-order chi connectivity index (χ0) is 15.1. The predicted octanol–water partition coefficient (Wildman–Crippen LogP) is 4.77. The first-order chi connectivity index (χ1) is 9.97. The first-order valence-corrected chi connectivity index (χ1v) is 7.38. The summed E-state index contributed by atoms with van der Waals surface area (Å²) in [5.74, 6) is -1.05. The molecule has 0 spiro atoms. The number of carbonyl (C=O) groups is 1. The van der Waals surface area contributed by atoms with E-state index in [9.17, 15) is 4.79 Å². The van der Waals surface area contributed by atoms with Crippen molar-refractivity contribution in [1.82, 2.24) is 9.38 Å². The van der Waals surface area contributed by atoms with Crippen LogP contribution in [0.2, 0.25) is 10.0 Å². The fourth-order valence-electron chi connectivity index (χ4n) is 1.99. The van der Waals surface area contributed by atoms with Gasteiger partial charge in [0.05, 0.1) is 10.6 Å². The van der Waals surface area contributed by atoms with Crippen LogP contribution in [0.15, 0.2) is 41.1 Å². The molecule has 3 aromatic rings. The Kier molecular flexibility index (Phi) is 3.65. The second-order valence-electron chi connectivity index (χ2n) is 4.33. The highest BCUT2D eigenvalue weighted by atomic mass is 79.9. The third-order valence-corrected chi connectivity index (χ3v) is 4.27. The van der Waals surface area contributed by atoms with Crippen molar-refractivity contribution in [1.29, 1.82) is 0 Å². The van der Waals surface area contributed by atoms with Gasteiger partial charge in [0.1, 0.15) is 10.3 Å². The lowest BCUT2D eigenvalue weighted by atomic mass is 10.2. The number of rotatable bonds is 2. The Balaban J connectivity index is 2.26. The van der Waals surface area contributed by atoms with Crippen LogP contribution < -0.4 is 0 Å². The smallest absolute Gasteiger partial charge is 0.337 e. The summed E-state index contributed by atoms with van der Waals surface area (Å²) in [7, 11) is 0. The van der Waals surface area contributed by atoms with Gasteiger partial charge in [-0.05, 0) is 34.1 Å². The number of benzene rings is 1. The van der Waals surface area contributed by atoms with Crippen LogP contribution in [-0.2, 0) is 0 Å². The fourth-order valence-corrected chi connectivity index (χ4v) is 2.95. The van der Waals surface area contributed by atoms with E-state index in [1.165, 1.54) is 12.3 Å². The molecular formula is C14H7BrCl2N2O2. The summed E-state index contributed by atoms with van der Waals surface area (Å²) >= 11 is 15.4. The van der Waals surface area contributed by atoms with Gasteiger partial charge in [0, 0.05) is 16.8 Å². The number of aromatic nitrogens is 2. The number of hydrogen-bond donors (Lipinski definition) is 1. The maximum Gasteiger partial charge on any atom is 0.337 e. The van der Waals surface area contributed by atoms with Crippen molar-refractivity contribution in [3.8, 4) is 11.3 Å². The normalized spacial score (nSPS) is 11.0. The third-order valence-electron chi connectivity index (χ3n) is 2.98. The van der Waals surface area contributed by atoms with Gasteiger partial charge < -0.3 is 5.11 Å². The number of nitrogens with zero attached hydrogens (tertiary/aromatic N) is 2.